The van der Waals surface area contributed by atoms with Gasteiger partial charge in [-0.15, -0.1) is 11.3 Å². The SMILES string of the molecule is O=C(c1csc(NS(=O)(=O)c2ccccc2)n1)N1CCN(c2ccc(F)cc2)CC1. The molecule has 2 aromatic carbocycles. The second-order valence-corrected chi connectivity index (χ2v) is 9.25. The number of nitrogens with zero attached hydrogens (tertiary/aromatic N) is 3. The van der Waals surface area contributed by atoms with E-state index in [1.807, 2.05) is 0 Å². The minimum Gasteiger partial charge on any atom is -0.368 e. The largest absolute Gasteiger partial charge is 0.368 e. The summed E-state index contributed by atoms with van der Waals surface area (Å²) >= 11 is 1.07. The van der Waals surface area contributed by atoms with Gasteiger partial charge in [-0.3, -0.25) is 9.52 Å². The summed E-state index contributed by atoms with van der Waals surface area (Å²) in [5.74, 6) is -0.523. The first-order valence-electron chi connectivity index (χ1n) is 9.25. The maximum atomic E-state index is 13.1. The summed E-state index contributed by atoms with van der Waals surface area (Å²) in [6.45, 7) is 2.24. The van der Waals surface area contributed by atoms with Crippen LogP contribution in [0.25, 0.3) is 0 Å². The lowest BCUT2D eigenvalue weighted by Gasteiger charge is -2.35. The Labute approximate surface area is 177 Å². The number of carbonyl (C=O) groups is 1. The Kier molecular flexibility index (Phi) is 5.69. The Bertz CT molecular complexity index is 1130. The van der Waals surface area contributed by atoms with E-state index < -0.39 is 10.0 Å². The topological polar surface area (TPSA) is 82.6 Å². The quantitative estimate of drug-likeness (QED) is 0.651. The third-order valence-corrected chi connectivity index (χ3v) is 7.00. The van der Waals surface area contributed by atoms with Crippen LogP contribution in [0.15, 0.2) is 64.9 Å². The number of piperazine rings is 1. The molecule has 3 aromatic rings. The van der Waals surface area contributed by atoms with Crippen molar-refractivity contribution in [1.29, 1.82) is 0 Å². The molecule has 1 aliphatic rings. The van der Waals surface area contributed by atoms with E-state index in [1.165, 1.54) is 24.3 Å². The molecule has 30 heavy (non-hydrogen) atoms. The Hall–Kier alpha value is -2.98. The van der Waals surface area contributed by atoms with Crippen molar-refractivity contribution in [3.63, 3.8) is 0 Å². The number of halogens is 1. The standard InChI is InChI=1S/C20H19FN4O3S2/c21-15-6-8-16(9-7-15)24-10-12-25(13-11-24)19(26)18-14-29-20(22-18)23-30(27,28)17-4-2-1-3-5-17/h1-9,14H,10-13H2,(H,22,23). The highest BCUT2D eigenvalue weighted by atomic mass is 32.2. The smallest absolute Gasteiger partial charge is 0.273 e. The lowest BCUT2D eigenvalue weighted by molar-refractivity contribution is 0.0742. The molecule has 1 N–H and O–H groups in total. The van der Waals surface area contributed by atoms with Crippen molar-refractivity contribution in [2.24, 2.45) is 0 Å². The number of anilines is 2. The van der Waals surface area contributed by atoms with Gasteiger partial charge in [0.15, 0.2) is 5.13 Å². The van der Waals surface area contributed by atoms with Gasteiger partial charge in [-0.25, -0.2) is 17.8 Å². The van der Waals surface area contributed by atoms with Gasteiger partial charge in [-0.2, -0.15) is 0 Å². The normalized spacial score (nSPS) is 14.6. The van der Waals surface area contributed by atoms with Crippen molar-refractivity contribution in [3.05, 3.63) is 71.5 Å². The third kappa shape index (κ3) is 4.44. The number of amides is 1. The van der Waals surface area contributed by atoms with Crippen LogP contribution in [-0.4, -0.2) is 50.4 Å². The highest BCUT2D eigenvalue weighted by molar-refractivity contribution is 7.93. The van der Waals surface area contributed by atoms with Crippen molar-refractivity contribution < 1.29 is 17.6 Å². The average molecular weight is 447 g/mol. The van der Waals surface area contributed by atoms with Crippen LogP contribution in [0.2, 0.25) is 0 Å². The summed E-state index contributed by atoms with van der Waals surface area (Å²) in [5, 5.41) is 1.70. The summed E-state index contributed by atoms with van der Waals surface area (Å²) in [5.41, 5.74) is 1.12. The molecule has 7 nitrogen and oxygen atoms in total. The molecule has 0 aliphatic carbocycles. The van der Waals surface area contributed by atoms with E-state index in [-0.39, 0.29) is 27.4 Å². The number of benzene rings is 2. The van der Waals surface area contributed by atoms with Crippen LogP contribution in [0, 0.1) is 5.82 Å². The fourth-order valence-electron chi connectivity index (χ4n) is 3.17. The molecule has 0 spiro atoms. The molecule has 156 valence electrons. The van der Waals surface area contributed by atoms with E-state index in [0.717, 1.165) is 17.0 Å². The molecule has 0 saturated carbocycles. The van der Waals surface area contributed by atoms with Crippen LogP contribution >= 0.6 is 11.3 Å². The minimum atomic E-state index is -3.75. The second kappa shape index (κ2) is 8.41. The second-order valence-electron chi connectivity index (χ2n) is 6.71. The highest BCUT2D eigenvalue weighted by Crippen LogP contribution is 2.22. The molecule has 1 amide bonds. The number of carbonyl (C=O) groups excluding carboxylic acids is 1. The van der Waals surface area contributed by atoms with E-state index in [4.69, 9.17) is 0 Å². The summed E-state index contributed by atoms with van der Waals surface area (Å²) in [6.07, 6.45) is 0. The van der Waals surface area contributed by atoms with Gasteiger partial charge in [0.25, 0.3) is 15.9 Å². The van der Waals surface area contributed by atoms with Crippen molar-refractivity contribution >= 4 is 38.1 Å². The molecule has 0 radical (unpaired) electrons. The van der Waals surface area contributed by atoms with E-state index in [9.17, 15) is 17.6 Å². The van der Waals surface area contributed by atoms with Gasteiger partial charge in [0, 0.05) is 37.2 Å². The van der Waals surface area contributed by atoms with Crippen molar-refractivity contribution in [2.45, 2.75) is 4.90 Å². The molecule has 0 atom stereocenters. The maximum absolute atomic E-state index is 13.1. The molecule has 1 aromatic heterocycles. The lowest BCUT2D eigenvalue weighted by Crippen LogP contribution is -2.48. The van der Waals surface area contributed by atoms with Gasteiger partial charge < -0.3 is 9.80 Å². The van der Waals surface area contributed by atoms with E-state index in [2.05, 4.69) is 14.6 Å². The van der Waals surface area contributed by atoms with Gasteiger partial charge in [0.05, 0.1) is 4.90 Å². The lowest BCUT2D eigenvalue weighted by atomic mass is 10.2. The van der Waals surface area contributed by atoms with Crippen molar-refractivity contribution in [1.82, 2.24) is 9.88 Å². The predicted molar refractivity (Wildman–Crippen MR) is 114 cm³/mol. The molecule has 1 aliphatic heterocycles. The monoisotopic (exact) mass is 446 g/mol. The summed E-state index contributed by atoms with van der Waals surface area (Å²) < 4.78 is 40.3. The molecular formula is C20H19FN4O3S2. The number of sulfonamides is 1. The Morgan fingerprint density at radius 1 is 1.00 bits per heavy atom. The molecular weight excluding hydrogens is 427 g/mol. The zero-order chi connectivity index (χ0) is 21.1. The van der Waals surface area contributed by atoms with Crippen LogP contribution in [-0.2, 0) is 10.0 Å². The molecule has 1 saturated heterocycles. The van der Waals surface area contributed by atoms with Crippen LogP contribution in [0.4, 0.5) is 15.2 Å². The van der Waals surface area contributed by atoms with Crippen LogP contribution < -0.4 is 9.62 Å². The first-order chi connectivity index (χ1) is 14.4. The summed E-state index contributed by atoms with van der Waals surface area (Å²) in [4.78, 5) is 20.8. The van der Waals surface area contributed by atoms with E-state index in [1.54, 1.807) is 40.6 Å². The number of thiazole rings is 1. The Morgan fingerprint density at radius 3 is 2.33 bits per heavy atom. The van der Waals surface area contributed by atoms with Crippen LogP contribution in [0.1, 0.15) is 10.5 Å². The van der Waals surface area contributed by atoms with Gasteiger partial charge in [-0.1, -0.05) is 18.2 Å². The van der Waals surface area contributed by atoms with Crippen molar-refractivity contribution in [2.75, 3.05) is 35.8 Å². The fourth-order valence-corrected chi connectivity index (χ4v) is 5.13. The highest BCUT2D eigenvalue weighted by Gasteiger charge is 2.25. The molecule has 0 bridgehead atoms. The molecule has 0 unspecified atom stereocenters. The first kappa shape index (κ1) is 20.3. The van der Waals surface area contributed by atoms with Crippen molar-refractivity contribution in [3.8, 4) is 0 Å². The molecule has 4 rings (SSSR count). The zero-order valence-electron chi connectivity index (χ0n) is 15.9. The average Bonchev–Trinajstić information content (AvgIpc) is 3.22. The number of hydrogen-bond donors (Lipinski definition) is 1. The first-order valence-corrected chi connectivity index (χ1v) is 11.6. The number of hydrogen-bond acceptors (Lipinski definition) is 6. The van der Waals surface area contributed by atoms with Gasteiger partial charge >= 0.3 is 0 Å². The van der Waals surface area contributed by atoms with Gasteiger partial charge in [0.2, 0.25) is 0 Å². The molecule has 1 fully saturated rings. The summed E-state index contributed by atoms with van der Waals surface area (Å²) in [6, 6.07) is 14.3. The van der Waals surface area contributed by atoms with Gasteiger partial charge in [-0.05, 0) is 36.4 Å². The minimum absolute atomic E-state index is 0.130. The Balaban J connectivity index is 1.38. The summed E-state index contributed by atoms with van der Waals surface area (Å²) in [7, 11) is -3.75. The third-order valence-electron chi connectivity index (χ3n) is 4.76. The number of aromatic nitrogens is 1. The van der Waals surface area contributed by atoms with Crippen LogP contribution in [0.3, 0.4) is 0 Å². The predicted octanol–water partition coefficient (Wildman–Crippen LogP) is 3.05. The number of rotatable bonds is 5. The van der Waals surface area contributed by atoms with E-state index >= 15 is 0 Å². The number of nitrogens with one attached hydrogen (secondary N) is 1. The molecule has 10 heteroatoms. The zero-order valence-corrected chi connectivity index (χ0v) is 17.5. The van der Waals surface area contributed by atoms with E-state index in [0.29, 0.717) is 26.2 Å². The Morgan fingerprint density at radius 2 is 1.67 bits per heavy atom. The van der Waals surface area contributed by atoms with Gasteiger partial charge in [0.1, 0.15) is 11.5 Å². The maximum Gasteiger partial charge on any atom is 0.273 e. The fraction of sp³-hybridized carbons (Fsp3) is 0.200. The molecule has 2 heterocycles. The van der Waals surface area contributed by atoms with Crippen LogP contribution in [0.5, 0.6) is 0 Å².